The molecule has 6 nitrogen and oxygen atoms in total. The van der Waals surface area contributed by atoms with Crippen LogP contribution in [-0.2, 0) is 6.54 Å². The standard InChI is InChI=1S/C16H22N6/c17-16(20-13-7-3-1-4-8-13)18-11-15-21-19-12-22(15)14-9-5-2-6-10-14/h2,5-6,9-10,12-13H,1,3-4,7-8,11H2,(H3,17,18,20). The molecular weight excluding hydrogens is 276 g/mol. The number of hydrogen-bond acceptors (Lipinski definition) is 3. The molecule has 1 aromatic heterocycles. The van der Waals surface area contributed by atoms with Gasteiger partial charge < -0.3 is 11.1 Å². The van der Waals surface area contributed by atoms with E-state index in [0.29, 0.717) is 18.5 Å². The van der Waals surface area contributed by atoms with Crippen LogP contribution < -0.4 is 11.1 Å². The number of aromatic nitrogens is 3. The molecular formula is C16H22N6. The van der Waals surface area contributed by atoms with Crippen molar-refractivity contribution in [3.63, 3.8) is 0 Å². The predicted octanol–water partition coefficient (Wildman–Crippen LogP) is 2.00. The highest BCUT2D eigenvalue weighted by molar-refractivity contribution is 5.78. The lowest BCUT2D eigenvalue weighted by Gasteiger charge is -2.23. The van der Waals surface area contributed by atoms with Crippen molar-refractivity contribution in [1.29, 1.82) is 0 Å². The van der Waals surface area contributed by atoms with Crippen molar-refractivity contribution in [1.82, 2.24) is 20.1 Å². The number of rotatable bonds is 4. The fourth-order valence-electron chi connectivity index (χ4n) is 2.83. The average molecular weight is 298 g/mol. The maximum atomic E-state index is 5.99. The van der Waals surface area contributed by atoms with Gasteiger partial charge in [-0.1, -0.05) is 37.5 Å². The molecule has 1 fully saturated rings. The Bertz CT molecular complexity index is 613. The lowest BCUT2D eigenvalue weighted by Crippen LogP contribution is -2.41. The number of benzene rings is 1. The van der Waals surface area contributed by atoms with Gasteiger partial charge in [0.05, 0.1) is 0 Å². The summed E-state index contributed by atoms with van der Waals surface area (Å²) in [5.74, 6) is 1.27. The zero-order chi connectivity index (χ0) is 15.2. The highest BCUT2D eigenvalue weighted by Gasteiger charge is 2.13. The zero-order valence-electron chi connectivity index (χ0n) is 12.7. The predicted molar refractivity (Wildman–Crippen MR) is 86.7 cm³/mol. The van der Waals surface area contributed by atoms with Gasteiger partial charge in [-0.25, -0.2) is 4.99 Å². The van der Waals surface area contributed by atoms with Crippen LogP contribution >= 0.6 is 0 Å². The van der Waals surface area contributed by atoms with Gasteiger partial charge in [0, 0.05) is 11.7 Å². The summed E-state index contributed by atoms with van der Waals surface area (Å²) in [6, 6.07) is 10.4. The average Bonchev–Trinajstić information content (AvgIpc) is 3.03. The van der Waals surface area contributed by atoms with Crippen molar-refractivity contribution in [2.45, 2.75) is 44.7 Å². The second kappa shape index (κ2) is 7.06. The maximum absolute atomic E-state index is 5.99. The molecule has 0 unspecified atom stereocenters. The van der Waals surface area contributed by atoms with Crippen molar-refractivity contribution in [2.24, 2.45) is 10.7 Å². The number of guanidine groups is 1. The third kappa shape index (κ3) is 3.63. The van der Waals surface area contributed by atoms with Crippen molar-refractivity contribution < 1.29 is 0 Å². The maximum Gasteiger partial charge on any atom is 0.189 e. The van der Waals surface area contributed by atoms with Gasteiger partial charge in [-0.05, 0) is 25.0 Å². The highest BCUT2D eigenvalue weighted by Crippen LogP contribution is 2.17. The molecule has 116 valence electrons. The van der Waals surface area contributed by atoms with Crippen molar-refractivity contribution in [3.8, 4) is 5.69 Å². The Labute approximate surface area is 130 Å². The fraction of sp³-hybridized carbons (Fsp3) is 0.438. The SMILES string of the molecule is NC(=NCc1nncn1-c1ccccc1)NC1CCCCC1. The van der Waals surface area contributed by atoms with E-state index in [2.05, 4.69) is 20.5 Å². The van der Waals surface area contributed by atoms with Crippen LogP contribution in [0.4, 0.5) is 0 Å². The number of nitrogens with two attached hydrogens (primary N) is 1. The number of para-hydroxylation sites is 1. The highest BCUT2D eigenvalue weighted by atomic mass is 15.3. The molecule has 1 aliphatic rings. The molecule has 0 spiro atoms. The van der Waals surface area contributed by atoms with Gasteiger partial charge in [0.25, 0.3) is 0 Å². The van der Waals surface area contributed by atoms with Gasteiger partial charge in [0.1, 0.15) is 12.9 Å². The van der Waals surface area contributed by atoms with E-state index >= 15 is 0 Å². The first kappa shape index (κ1) is 14.6. The summed E-state index contributed by atoms with van der Waals surface area (Å²) in [6.45, 7) is 0.417. The molecule has 0 radical (unpaired) electrons. The Kier molecular flexibility index (Phi) is 4.68. The topological polar surface area (TPSA) is 81.1 Å². The quantitative estimate of drug-likeness (QED) is 0.668. The largest absolute Gasteiger partial charge is 0.370 e. The summed E-state index contributed by atoms with van der Waals surface area (Å²) < 4.78 is 1.93. The van der Waals surface area contributed by atoms with E-state index in [1.807, 2.05) is 34.9 Å². The first-order valence-corrected chi connectivity index (χ1v) is 7.84. The molecule has 0 atom stereocenters. The summed E-state index contributed by atoms with van der Waals surface area (Å²) >= 11 is 0. The molecule has 1 saturated carbocycles. The lowest BCUT2D eigenvalue weighted by atomic mass is 9.96. The van der Waals surface area contributed by atoms with E-state index in [9.17, 15) is 0 Å². The smallest absolute Gasteiger partial charge is 0.189 e. The van der Waals surface area contributed by atoms with Crippen molar-refractivity contribution >= 4 is 5.96 Å². The van der Waals surface area contributed by atoms with Gasteiger partial charge >= 0.3 is 0 Å². The fourth-order valence-corrected chi connectivity index (χ4v) is 2.83. The van der Waals surface area contributed by atoms with E-state index in [1.165, 1.54) is 32.1 Å². The Morgan fingerprint density at radius 3 is 2.77 bits per heavy atom. The Balaban J connectivity index is 1.64. The summed E-state index contributed by atoms with van der Waals surface area (Å²) in [5.41, 5.74) is 7.02. The van der Waals surface area contributed by atoms with Gasteiger partial charge in [0.15, 0.2) is 11.8 Å². The Morgan fingerprint density at radius 1 is 1.23 bits per heavy atom. The monoisotopic (exact) mass is 298 g/mol. The molecule has 1 aromatic carbocycles. The van der Waals surface area contributed by atoms with Gasteiger partial charge in [0.2, 0.25) is 0 Å². The first-order valence-electron chi connectivity index (χ1n) is 7.84. The minimum Gasteiger partial charge on any atom is -0.370 e. The minimum atomic E-state index is 0.417. The molecule has 6 heteroatoms. The van der Waals surface area contributed by atoms with Gasteiger partial charge in [-0.3, -0.25) is 4.57 Å². The van der Waals surface area contributed by atoms with Crippen LogP contribution in [0.1, 0.15) is 37.9 Å². The van der Waals surface area contributed by atoms with Crippen LogP contribution in [0.2, 0.25) is 0 Å². The molecule has 0 saturated heterocycles. The van der Waals surface area contributed by atoms with Gasteiger partial charge in [-0.2, -0.15) is 0 Å². The number of nitrogens with zero attached hydrogens (tertiary/aromatic N) is 4. The van der Waals surface area contributed by atoms with Crippen LogP contribution in [0, 0.1) is 0 Å². The summed E-state index contributed by atoms with van der Waals surface area (Å²) in [4.78, 5) is 4.41. The molecule has 3 N–H and O–H groups in total. The molecule has 0 amide bonds. The van der Waals surface area contributed by atoms with Crippen LogP contribution in [0.25, 0.3) is 5.69 Å². The third-order valence-electron chi connectivity index (χ3n) is 4.00. The second-order valence-corrected chi connectivity index (χ2v) is 5.63. The van der Waals surface area contributed by atoms with Crippen LogP contribution in [-0.4, -0.2) is 26.8 Å². The Morgan fingerprint density at radius 2 is 2.00 bits per heavy atom. The zero-order valence-corrected chi connectivity index (χ0v) is 12.7. The lowest BCUT2D eigenvalue weighted by molar-refractivity contribution is 0.412. The molecule has 1 heterocycles. The summed E-state index contributed by atoms with van der Waals surface area (Å²) in [7, 11) is 0. The minimum absolute atomic E-state index is 0.417. The van der Waals surface area contributed by atoms with Gasteiger partial charge in [-0.15, -0.1) is 10.2 Å². The Hall–Kier alpha value is -2.37. The van der Waals surface area contributed by atoms with E-state index in [-0.39, 0.29) is 0 Å². The van der Waals surface area contributed by atoms with E-state index in [4.69, 9.17) is 5.73 Å². The molecule has 1 aliphatic carbocycles. The van der Waals surface area contributed by atoms with Crippen LogP contribution in [0.5, 0.6) is 0 Å². The van der Waals surface area contributed by atoms with Crippen molar-refractivity contribution in [3.05, 3.63) is 42.5 Å². The van der Waals surface area contributed by atoms with E-state index < -0.39 is 0 Å². The van der Waals surface area contributed by atoms with E-state index in [1.54, 1.807) is 6.33 Å². The summed E-state index contributed by atoms with van der Waals surface area (Å²) in [6.07, 6.45) is 7.92. The normalized spacial score (nSPS) is 16.6. The molecule has 0 aliphatic heterocycles. The van der Waals surface area contributed by atoms with Crippen LogP contribution in [0.15, 0.2) is 41.7 Å². The number of nitrogens with one attached hydrogen (secondary N) is 1. The second-order valence-electron chi connectivity index (χ2n) is 5.63. The van der Waals surface area contributed by atoms with E-state index in [0.717, 1.165) is 11.5 Å². The number of aliphatic imine (C=N–C) groups is 1. The molecule has 22 heavy (non-hydrogen) atoms. The molecule has 3 rings (SSSR count). The number of hydrogen-bond donors (Lipinski definition) is 2. The molecule has 2 aromatic rings. The van der Waals surface area contributed by atoms with Crippen molar-refractivity contribution in [2.75, 3.05) is 0 Å². The summed E-state index contributed by atoms with van der Waals surface area (Å²) in [5, 5.41) is 11.4. The third-order valence-corrected chi connectivity index (χ3v) is 4.00. The molecule has 0 bridgehead atoms. The first-order chi connectivity index (χ1) is 10.8. The van der Waals surface area contributed by atoms with Crippen LogP contribution in [0.3, 0.4) is 0 Å².